The molecule has 1 aromatic carbocycles. The largest absolute Gasteiger partial charge is 0.493 e. The fourth-order valence-corrected chi connectivity index (χ4v) is 2.13. The molecule has 0 unspecified atom stereocenters. The Balaban J connectivity index is 1.96. The van der Waals surface area contributed by atoms with Crippen molar-refractivity contribution in [1.29, 1.82) is 0 Å². The second-order valence-electron chi connectivity index (χ2n) is 5.48. The SMILES string of the molecule is CCCOc1ccc(CNCC)c(OCCC2CC2)c1. The molecule has 0 aliphatic heterocycles. The van der Waals surface area contributed by atoms with E-state index in [0.29, 0.717) is 0 Å². The molecule has 3 nitrogen and oxygen atoms in total. The third-order valence-electron chi connectivity index (χ3n) is 3.56. The Morgan fingerprint density at radius 3 is 2.70 bits per heavy atom. The molecule has 1 aliphatic rings. The number of rotatable bonds is 10. The predicted molar refractivity (Wildman–Crippen MR) is 82.4 cm³/mol. The van der Waals surface area contributed by atoms with Gasteiger partial charge in [0.15, 0.2) is 0 Å². The summed E-state index contributed by atoms with van der Waals surface area (Å²) in [6.45, 7) is 7.63. The standard InChI is InChI=1S/C17H27NO2/c1-3-10-19-16-8-7-15(13-18-4-2)17(12-16)20-11-9-14-5-6-14/h7-8,12,14,18H,3-6,9-11,13H2,1-2H3. The van der Waals surface area contributed by atoms with Crippen molar-refractivity contribution in [3.8, 4) is 11.5 Å². The first-order valence-corrected chi connectivity index (χ1v) is 7.92. The Morgan fingerprint density at radius 1 is 1.15 bits per heavy atom. The topological polar surface area (TPSA) is 30.5 Å². The highest BCUT2D eigenvalue weighted by Gasteiger charge is 2.20. The molecule has 0 spiro atoms. The summed E-state index contributed by atoms with van der Waals surface area (Å²) in [6, 6.07) is 6.19. The molecule has 0 aromatic heterocycles. The molecule has 0 atom stereocenters. The van der Waals surface area contributed by atoms with E-state index in [4.69, 9.17) is 9.47 Å². The Morgan fingerprint density at radius 2 is 2.00 bits per heavy atom. The van der Waals surface area contributed by atoms with Gasteiger partial charge in [-0.3, -0.25) is 0 Å². The molecule has 1 N–H and O–H groups in total. The molecular weight excluding hydrogens is 250 g/mol. The van der Waals surface area contributed by atoms with Gasteiger partial charge in [-0.2, -0.15) is 0 Å². The number of benzene rings is 1. The quantitative estimate of drug-likeness (QED) is 0.706. The normalized spacial score (nSPS) is 14.3. The summed E-state index contributed by atoms with van der Waals surface area (Å²) in [5.41, 5.74) is 1.21. The Hall–Kier alpha value is -1.22. The summed E-state index contributed by atoms with van der Waals surface area (Å²) in [5.74, 6) is 2.79. The van der Waals surface area contributed by atoms with E-state index in [2.05, 4.69) is 25.2 Å². The third-order valence-corrected chi connectivity index (χ3v) is 3.56. The van der Waals surface area contributed by atoms with Crippen molar-refractivity contribution in [2.75, 3.05) is 19.8 Å². The molecule has 112 valence electrons. The van der Waals surface area contributed by atoms with E-state index in [1.54, 1.807) is 0 Å². The van der Waals surface area contributed by atoms with Crippen molar-refractivity contribution in [3.63, 3.8) is 0 Å². The maximum atomic E-state index is 5.99. The number of nitrogens with one attached hydrogen (secondary N) is 1. The van der Waals surface area contributed by atoms with Gasteiger partial charge in [-0.15, -0.1) is 0 Å². The van der Waals surface area contributed by atoms with Crippen molar-refractivity contribution in [2.24, 2.45) is 5.92 Å². The van der Waals surface area contributed by atoms with Crippen LogP contribution in [-0.2, 0) is 6.54 Å². The fraction of sp³-hybridized carbons (Fsp3) is 0.647. The van der Waals surface area contributed by atoms with Gasteiger partial charge < -0.3 is 14.8 Å². The lowest BCUT2D eigenvalue weighted by Crippen LogP contribution is -2.13. The summed E-state index contributed by atoms with van der Waals surface area (Å²) in [6.07, 6.45) is 4.97. The zero-order valence-corrected chi connectivity index (χ0v) is 12.8. The van der Waals surface area contributed by atoms with Crippen LogP contribution in [0.2, 0.25) is 0 Å². The Labute approximate surface area is 122 Å². The van der Waals surface area contributed by atoms with Crippen LogP contribution < -0.4 is 14.8 Å². The van der Waals surface area contributed by atoms with Crippen molar-refractivity contribution < 1.29 is 9.47 Å². The molecule has 2 rings (SSSR count). The molecule has 0 radical (unpaired) electrons. The number of ether oxygens (including phenoxy) is 2. The lowest BCUT2D eigenvalue weighted by atomic mass is 10.2. The van der Waals surface area contributed by atoms with Gasteiger partial charge in [0.05, 0.1) is 13.2 Å². The first-order chi connectivity index (χ1) is 9.83. The van der Waals surface area contributed by atoms with Crippen molar-refractivity contribution in [1.82, 2.24) is 5.32 Å². The highest BCUT2D eigenvalue weighted by atomic mass is 16.5. The summed E-state index contributed by atoms with van der Waals surface area (Å²) < 4.78 is 11.7. The molecular formula is C17H27NO2. The average molecular weight is 277 g/mol. The minimum absolute atomic E-state index is 0.758. The predicted octanol–water partition coefficient (Wildman–Crippen LogP) is 3.76. The minimum atomic E-state index is 0.758. The molecule has 1 saturated carbocycles. The van der Waals surface area contributed by atoms with Gasteiger partial charge in [-0.05, 0) is 31.4 Å². The van der Waals surface area contributed by atoms with Crippen LogP contribution in [0, 0.1) is 5.92 Å². The van der Waals surface area contributed by atoms with Crippen molar-refractivity contribution in [3.05, 3.63) is 23.8 Å². The van der Waals surface area contributed by atoms with Gasteiger partial charge in [0.1, 0.15) is 11.5 Å². The molecule has 0 amide bonds. The monoisotopic (exact) mass is 277 g/mol. The zero-order valence-electron chi connectivity index (χ0n) is 12.8. The van der Waals surface area contributed by atoms with Crippen LogP contribution in [0.5, 0.6) is 11.5 Å². The van der Waals surface area contributed by atoms with E-state index in [1.807, 2.05) is 12.1 Å². The van der Waals surface area contributed by atoms with Gasteiger partial charge >= 0.3 is 0 Å². The maximum absolute atomic E-state index is 5.99. The maximum Gasteiger partial charge on any atom is 0.127 e. The molecule has 3 heteroatoms. The molecule has 0 saturated heterocycles. The van der Waals surface area contributed by atoms with Crippen LogP contribution in [0.4, 0.5) is 0 Å². The third kappa shape index (κ3) is 5.04. The van der Waals surface area contributed by atoms with Gasteiger partial charge in [-0.25, -0.2) is 0 Å². The first-order valence-electron chi connectivity index (χ1n) is 7.92. The van der Waals surface area contributed by atoms with Crippen LogP contribution in [0.3, 0.4) is 0 Å². The molecule has 1 aromatic rings. The van der Waals surface area contributed by atoms with Gasteiger partial charge in [0.2, 0.25) is 0 Å². The first kappa shape index (κ1) is 15.2. The Kier molecular flexibility index (Phi) is 6.19. The summed E-state index contributed by atoms with van der Waals surface area (Å²) in [4.78, 5) is 0. The van der Waals surface area contributed by atoms with E-state index in [-0.39, 0.29) is 0 Å². The molecule has 1 fully saturated rings. The zero-order chi connectivity index (χ0) is 14.2. The molecule has 0 bridgehead atoms. The molecule has 1 aliphatic carbocycles. The van der Waals surface area contributed by atoms with Gasteiger partial charge in [0, 0.05) is 18.2 Å². The van der Waals surface area contributed by atoms with Crippen LogP contribution in [0.15, 0.2) is 18.2 Å². The van der Waals surface area contributed by atoms with Gasteiger partial charge in [-0.1, -0.05) is 32.8 Å². The van der Waals surface area contributed by atoms with Crippen LogP contribution in [0.25, 0.3) is 0 Å². The second kappa shape index (κ2) is 8.15. The summed E-state index contributed by atoms with van der Waals surface area (Å²) in [7, 11) is 0. The number of hydrogen-bond acceptors (Lipinski definition) is 3. The smallest absolute Gasteiger partial charge is 0.127 e. The lowest BCUT2D eigenvalue weighted by molar-refractivity contribution is 0.290. The van der Waals surface area contributed by atoms with E-state index in [9.17, 15) is 0 Å². The van der Waals surface area contributed by atoms with Gasteiger partial charge in [0.25, 0.3) is 0 Å². The molecule has 20 heavy (non-hydrogen) atoms. The average Bonchev–Trinajstić information content (AvgIpc) is 3.28. The molecule has 0 heterocycles. The van der Waals surface area contributed by atoms with E-state index < -0.39 is 0 Å². The summed E-state index contributed by atoms with van der Waals surface area (Å²) >= 11 is 0. The lowest BCUT2D eigenvalue weighted by Gasteiger charge is -2.14. The van der Waals surface area contributed by atoms with Crippen LogP contribution in [-0.4, -0.2) is 19.8 Å². The minimum Gasteiger partial charge on any atom is -0.493 e. The Bertz CT molecular complexity index is 402. The highest BCUT2D eigenvalue weighted by Crippen LogP contribution is 2.33. The highest BCUT2D eigenvalue weighted by molar-refractivity contribution is 5.40. The van der Waals surface area contributed by atoms with E-state index >= 15 is 0 Å². The van der Waals surface area contributed by atoms with Crippen molar-refractivity contribution >= 4 is 0 Å². The van der Waals surface area contributed by atoms with Crippen LogP contribution >= 0.6 is 0 Å². The van der Waals surface area contributed by atoms with Crippen LogP contribution in [0.1, 0.15) is 45.1 Å². The fourth-order valence-electron chi connectivity index (χ4n) is 2.13. The van der Waals surface area contributed by atoms with E-state index in [0.717, 1.165) is 50.1 Å². The number of hydrogen-bond donors (Lipinski definition) is 1. The van der Waals surface area contributed by atoms with Crippen molar-refractivity contribution in [2.45, 2.75) is 46.1 Å². The van der Waals surface area contributed by atoms with E-state index in [1.165, 1.54) is 24.8 Å². The summed E-state index contributed by atoms with van der Waals surface area (Å²) in [5, 5.41) is 3.36. The second-order valence-corrected chi connectivity index (χ2v) is 5.48.